The quantitative estimate of drug-likeness (QED) is 0.387. The van der Waals surface area contributed by atoms with Gasteiger partial charge in [-0.3, -0.25) is 19.7 Å². The zero-order valence-corrected chi connectivity index (χ0v) is 18.5. The molecule has 8 nitrogen and oxygen atoms in total. The Morgan fingerprint density at radius 1 is 1.00 bits per heavy atom. The van der Waals surface area contributed by atoms with E-state index in [1.165, 1.54) is 30.3 Å². The number of anilines is 2. The van der Waals surface area contributed by atoms with Crippen LogP contribution in [0.5, 0.6) is 0 Å². The molecule has 3 aromatic rings. The van der Waals surface area contributed by atoms with Gasteiger partial charge in [-0.1, -0.05) is 23.7 Å². The van der Waals surface area contributed by atoms with Crippen LogP contribution in [0.3, 0.4) is 0 Å². The molecule has 2 N–H and O–H groups in total. The van der Waals surface area contributed by atoms with E-state index in [9.17, 15) is 24.1 Å². The molecule has 0 saturated heterocycles. The van der Waals surface area contributed by atoms with E-state index in [1.54, 1.807) is 43.3 Å². The lowest BCUT2D eigenvalue weighted by atomic mass is 10.1. The van der Waals surface area contributed by atoms with Crippen molar-refractivity contribution in [3.63, 3.8) is 0 Å². The first kappa shape index (κ1) is 23.7. The van der Waals surface area contributed by atoms with Crippen LogP contribution in [0.25, 0.3) is 0 Å². The van der Waals surface area contributed by atoms with Crippen molar-refractivity contribution in [2.75, 3.05) is 24.3 Å². The minimum atomic E-state index is -0.607. The van der Waals surface area contributed by atoms with Crippen molar-refractivity contribution in [2.45, 2.75) is 6.54 Å². The Hall–Kier alpha value is -3.98. The number of halogens is 2. The summed E-state index contributed by atoms with van der Waals surface area (Å²) in [5.41, 5.74) is 1.83. The molecular formula is C23H20ClFN4O4. The smallest absolute Gasteiger partial charge is 0.270 e. The molecule has 170 valence electrons. The number of non-ortho nitro benzene ring substituents is 1. The van der Waals surface area contributed by atoms with Crippen molar-refractivity contribution < 1.29 is 18.9 Å². The zero-order chi connectivity index (χ0) is 24.1. The van der Waals surface area contributed by atoms with Gasteiger partial charge >= 0.3 is 0 Å². The third-order valence-electron chi connectivity index (χ3n) is 4.76. The van der Waals surface area contributed by atoms with E-state index in [1.807, 2.05) is 0 Å². The van der Waals surface area contributed by atoms with Crippen LogP contribution in [0.4, 0.5) is 21.5 Å². The fourth-order valence-electron chi connectivity index (χ4n) is 3.07. The summed E-state index contributed by atoms with van der Waals surface area (Å²) in [5.74, 6) is -1.32. The summed E-state index contributed by atoms with van der Waals surface area (Å²) in [6, 6.07) is 14.2. The molecule has 0 aliphatic rings. The van der Waals surface area contributed by atoms with E-state index in [4.69, 9.17) is 11.6 Å². The Balaban J connectivity index is 1.80. The maximum Gasteiger partial charge on any atom is 0.270 e. The molecule has 0 spiro atoms. The number of carbonyl (C=O) groups is 2. The second-order valence-electron chi connectivity index (χ2n) is 7.31. The van der Waals surface area contributed by atoms with E-state index < -0.39 is 10.8 Å². The first-order chi connectivity index (χ1) is 15.7. The van der Waals surface area contributed by atoms with Crippen LogP contribution in [-0.4, -0.2) is 30.8 Å². The summed E-state index contributed by atoms with van der Waals surface area (Å²) in [4.78, 5) is 37.5. The minimum Gasteiger partial charge on any atom is -0.377 e. The van der Waals surface area contributed by atoms with Gasteiger partial charge in [0.15, 0.2) is 0 Å². The molecular weight excluding hydrogens is 451 g/mol. The average molecular weight is 471 g/mol. The van der Waals surface area contributed by atoms with Crippen molar-refractivity contribution in [3.05, 3.63) is 98.3 Å². The number of amides is 2. The van der Waals surface area contributed by atoms with Crippen molar-refractivity contribution >= 4 is 40.5 Å². The SMILES string of the molecule is CN(C)c1ccc(NC(=O)c2ccc([N+](=O)[O-])cc2Cl)cc1C(=O)NCc1ccc(F)cc1. The van der Waals surface area contributed by atoms with Crippen LogP contribution >= 0.6 is 11.6 Å². The maximum absolute atomic E-state index is 13.1. The lowest BCUT2D eigenvalue weighted by Crippen LogP contribution is -2.25. The highest BCUT2D eigenvalue weighted by Crippen LogP contribution is 2.26. The monoisotopic (exact) mass is 470 g/mol. The molecule has 0 heterocycles. The van der Waals surface area contributed by atoms with E-state index in [2.05, 4.69) is 10.6 Å². The number of hydrogen-bond donors (Lipinski definition) is 2. The third kappa shape index (κ3) is 5.83. The Kier molecular flexibility index (Phi) is 7.24. The van der Waals surface area contributed by atoms with Gasteiger partial charge in [0.1, 0.15) is 5.82 Å². The van der Waals surface area contributed by atoms with Gasteiger partial charge in [-0.25, -0.2) is 4.39 Å². The van der Waals surface area contributed by atoms with Crippen LogP contribution in [0.15, 0.2) is 60.7 Å². The van der Waals surface area contributed by atoms with E-state index in [-0.39, 0.29) is 34.5 Å². The minimum absolute atomic E-state index is 0.0567. The Morgan fingerprint density at radius 2 is 1.70 bits per heavy atom. The van der Waals surface area contributed by atoms with Crippen LogP contribution in [0.2, 0.25) is 5.02 Å². The van der Waals surface area contributed by atoms with Gasteiger partial charge in [0, 0.05) is 44.1 Å². The first-order valence-corrected chi connectivity index (χ1v) is 10.1. The van der Waals surface area contributed by atoms with Crippen LogP contribution < -0.4 is 15.5 Å². The molecule has 3 rings (SSSR count). The summed E-state index contributed by atoms with van der Waals surface area (Å²) >= 11 is 6.03. The molecule has 3 aromatic carbocycles. The molecule has 33 heavy (non-hydrogen) atoms. The summed E-state index contributed by atoms with van der Waals surface area (Å²) in [5, 5.41) is 16.2. The van der Waals surface area contributed by atoms with Crippen molar-refractivity contribution in [1.29, 1.82) is 0 Å². The summed E-state index contributed by atoms with van der Waals surface area (Å²) in [7, 11) is 3.56. The molecule has 0 saturated carbocycles. The van der Waals surface area contributed by atoms with Crippen LogP contribution in [-0.2, 0) is 6.54 Å². The molecule has 0 bridgehead atoms. The Labute approximate surface area is 194 Å². The number of benzene rings is 3. The van der Waals surface area contributed by atoms with Gasteiger partial charge in [-0.15, -0.1) is 0 Å². The number of rotatable bonds is 7. The van der Waals surface area contributed by atoms with E-state index in [0.29, 0.717) is 16.9 Å². The number of nitro groups is 1. The van der Waals surface area contributed by atoms with Crippen LogP contribution in [0, 0.1) is 15.9 Å². The largest absolute Gasteiger partial charge is 0.377 e. The fourth-order valence-corrected chi connectivity index (χ4v) is 3.33. The zero-order valence-electron chi connectivity index (χ0n) is 17.8. The highest BCUT2D eigenvalue weighted by atomic mass is 35.5. The lowest BCUT2D eigenvalue weighted by Gasteiger charge is -2.18. The van der Waals surface area contributed by atoms with Gasteiger partial charge in [-0.05, 0) is 42.0 Å². The molecule has 0 fully saturated rings. The molecule has 2 amide bonds. The van der Waals surface area contributed by atoms with Crippen molar-refractivity contribution in [1.82, 2.24) is 5.32 Å². The maximum atomic E-state index is 13.1. The summed E-state index contributed by atoms with van der Waals surface area (Å²) in [6.07, 6.45) is 0. The number of nitro benzene ring substituents is 1. The molecule has 0 aliphatic heterocycles. The first-order valence-electron chi connectivity index (χ1n) is 9.75. The van der Waals surface area contributed by atoms with E-state index >= 15 is 0 Å². The number of carbonyl (C=O) groups excluding carboxylic acids is 2. The molecule has 0 aliphatic carbocycles. The van der Waals surface area contributed by atoms with E-state index in [0.717, 1.165) is 11.6 Å². The predicted molar refractivity (Wildman–Crippen MR) is 124 cm³/mol. The van der Waals surface area contributed by atoms with Crippen LogP contribution in [0.1, 0.15) is 26.3 Å². The average Bonchev–Trinajstić information content (AvgIpc) is 2.78. The number of nitrogens with one attached hydrogen (secondary N) is 2. The molecule has 0 unspecified atom stereocenters. The number of nitrogens with zero attached hydrogens (tertiary/aromatic N) is 2. The number of hydrogen-bond acceptors (Lipinski definition) is 5. The molecule has 0 aromatic heterocycles. The normalized spacial score (nSPS) is 10.4. The summed E-state index contributed by atoms with van der Waals surface area (Å²) in [6.45, 7) is 0.195. The standard InChI is InChI=1S/C23H20ClFN4O4/c1-28(2)21-10-7-16(27-23(31)18-9-8-17(29(32)33)12-20(18)24)11-19(21)22(30)26-13-14-3-5-15(25)6-4-14/h3-12H,13H2,1-2H3,(H,26,30)(H,27,31). The summed E-state index contributed by atoms with van der Waals surface area (Å²) < 4.78 is 13.1. The molecule has 10 heteroatoms. The van der Waals surface area contributed by atoms with Gasteiger partial charge < -0.3 is 15.5 Å². The highest BCUT2D eigenvalue weighted by Gasteiger charge is 2.18. The topological polar surface area (TPSA) is 105 Å². The lowest BCUT2D eigenvalue weighted by molar-refractivity contribution is -0.384. The predicted octanol–water partition coefficient (Wildman–Crippen LogP) is 4.64. The Morgan fingerprint density at radius 3 is 2.30 bits per heavy atom. The highest BCUT2D eigenvalue weighted by molar-refractivity contribution is 6.34. The second kappa shape index (κ2) is 10.1. The molecule has 0 atom stereocenters. The van der Waals surface area contributed by atoms with Gasteiger partial charge in [-0.2, -0.15) is 0 Å². The molecule has 0 radical (unpaired) electrons. The van der Waals surface area contributed by atoms with Crippen molar-refractivity contribution in [2.24, 2.45) is 0 Å². The van der Waals surface area contributed by atoms with Gasteiger partial charge in [0.2, 0.25) is 0 Å². The van der Waals surface area contributed by atoms with Gasteiger partial charge in [0.05, 0.1) is 21.1 Å². The second-order valence-corrected chi connectivity index (χ2v) is 7.72. The fraction of sp³-hybridized carbons (Fsp3) is 0.130. The van der Waals surface area contributed by atoms with Gasteiger partial charge in [0.25, 0.3) is 17.5 Å². The Bertz CT molecular complexity index is 1220. The third-order valence-corrected chi connectivity index (χ3v) is 5.07. The van der Waals surface area contributed by atoms with Crippen molar-refractivity contribution in [3.8, 4) is 0 Å².